The minimum Gasteiger partial charge on any atom is -0.369 e. The van der Waals surface area contributed by atoms with Crippen LogP contribution in [0.5, 0.6) is 0 Å². The van der Waals surface area contributed by atoms with Crippen molar-refractivity contribution in [1.29, 1.82) is 0 Å². The normalized spacial score (nSPS) is 25.3. The van der Waals surface area contributed by atoms with E-state index in [0.29, 0.717) is 25.7 Å². The lowest BCUT2D eigenvalue weighted by Gasteiger charge is -2.37. The first kappa shape index (κ1) is 22.4. The summed E-state index contributed by atoms with van der Waals surface area (Å²) in [7, 11) is -4.16. The Kier molecular flexibility index (Phi) is 6.56. The van der Waals surface area contributed by atoms with Gasteiger partial charge in [0.15, 0.2) is 17.0 Å². The van der Waals surface area contributed by atoms with Gasteiger partial charge in [-0.2, -0.15) is 4.31 Å². The van der Waals surface area contributed by atoms with Crippen LogP contribution in [-0.2, 0) is 24.4 Å². The van der Waals surface area contributed by atoms with Gasteiger partial charge in [0, 0.05) is 18.7 Å². The number of pyridine rings is 1. The lowest BCUT2D eigenvalue weighted by atomic mass is 9.72. The van der Waals surface area contributed by atoms with Crippen molar-refractivity contribution in [2.75, 3.05) is 0 Å². The van der Waals surface area contributed by atoms with Crippen LogP contribution in [0.3, 0.4) is 0 Å². The predicted octanol–water partition coefficient (Wildman–Crippen LogP) is 1.09. The zero-order valence-electron chi connectivity index (χ0n) is 17.0. The van der Waals surface area contributed by atoms with E-state index in [1.54, 1.807) is 19.1 Å². The van der Waals surface area contributed by atoms with E-state index in [4.69, 9.17) is 5.73 Å². The van der Waals surface area contributed by atoms with Crippen LogP contribution in [0, 0.1) is 5.41 Å². The zero-order chi connectivity index (χ0) is 21.9. The van der Waals surface area contributed by atoms with Gasteiger partial charge in [0.25, 0.3) is 10.0 Å². The van der Waals surface area contributed by atoms with Crippen molar-refractivity contribution in [3.63, 3.8) is 0 Å². The second-order valence-corrected chi connectivity index (χ2v) is 9.88. The maximum atomic E-state index is 13.3. The number of nitrogens with one attached hydrogen (secondary N) is 1. The van der Waals surface area contributed by atoms with E-state index in [0.717, 1.165) is 10.7 Å². The molecule has 0 aromatic carbocycles. The Bertz CT molecular complexity index is 912. The molecule has 0 bridgehead atoms. The second-order valence-electron chi connectivity index (χ2n) is 8.09. The van der Waals surface area contributed by atoms with Crippen LogP contribution in [0.25, 0.3) is 0 Å². The summed E-state index contributed by atoms with van der Waals surface area (Å²) in [5.74, 6) is -1.83. The number of rotatable bonds is 5. The van der Waals surface area contributed by atoms with Crippen LogP contribution in [0.4, 0.5) is 0 Å². The number of nitrogens with zero attached hydrogens (tertiary/aromatic N) is 2. The second kappa shape index (κ2) is 8.81. The number of Topliss-reactive ketones (excluding diaryl/α,β-unsaturated/α-hetero) is 1. The number of carbonyl (C=O) groups is 3. The van der Waals surface area contributed by atoms with Crippen molar-refractivity contribution in [1.82, 2.24) is 14.6 Å². The summed E-state index contributed by atoms with van der Waals surface area (Å²) < 4.78 is 27.7. The van der Waals surface area contributed by atoms with E-state index in [9.17, 15) is 22.8 Å². The quantitative estimate of drug-likeness (QED) is 0.662. The van der Waals surface area contributed by atoms with Crippen LogP contribution < -0.4 is 11.1 Å². The molecule has 2 fully saturated rings. The van der Waals surface area contributed by atoms with Gasteiger partial charge >= 0.3 is 0 Å². The smallest absolute Gasteiger partial charge is 0.262 e. The average Bonchev–Trinajstić information content (AvgIpc) is 2.87. The Labute approximate surface area is 176 Å². The number of sulfonamides is 1. The Morgan fingerprint density at radius 3 is 2.50 bits per heavy atom. The number of amides is 2. The van der Waals surface area contributed by atoms with E-state index in [2.05, 4.69) is 10.3 Å². The van der Waals surface area contributed by atoms with Gasteiger partial charge in [-0.25, -0.2) is 13.4 Å². The van der Waals surface area contributed by atoms with Crippen LogP contribution in [0.15, 0.2) is 29.4 Å². The third-order valence-corrected chi connectivity index (χ3v) is 8.00. The van der Waals surface area contributed by atoms with Crippen LogP contribution in [-0.4, -0.2) is 47.5 Å². The molecule has 1 unspecified atom stereocenters. The highest BCUT2D eigenvalue weighted by molar-refractivity contribution is 7.89. The van der Waals surface area contributed by atoms with Crippen molar-refractivity contribution < 1.29 is 22.8 Å². The molecule has 0 radical (unpaired) electrons. The number of hydrogen-bond donors (Lipinski definition) is 2. The zero-order valence-corrected chi connectivity index (χ0v) is 17.9. The van der Waals surface area contributed by atoms with Gasteiger partial charge in [0.2, 0.25) is 11.8 Å². The first-order chi connectivity index (χ1) is 14.2. The monoisotopic (exact) mass is 436 g/mol. The molecule has 0 spiro atoms. The molecular formula is C20H28N4O5S. The molecule has 10 heteroatoms. The van der Waals surface area contributed by atoms with Crippen molar-refractivity contribution in [2.24, 2.45) is 11.1 Å². The summed E-state index contributed by atoms with van der Waals surface area (Å²) in [4.78, 5) is 42.2. The van der Waals surface area contributed by atoms with Crippen LogP contribution in [0.2, 0.25) is 0 Å². The summed E-state index contributed by atoms with van der Waals surface area (Å²) in [6, 6.07) is 3.95. The Morgan fingerprint density at radius 2 is 1.90 bits per heavy atom. The van der Waals surface area contributed by atoms with E-state index < -0.39 is 45.2 Å². The molecule has 3 rings (SSSR count). The summed E-state index contributed by atoms with van der Waals surface area (Å²) in [5.41, 5.74) is 4.16. The molecule has 1 saturated heterocycles. The molecule has 3 N–H and O–H groups in total. The number of aromatic nitrogens is 1. The molecule has 2 heterocycles. The van der Waals surface area contributed by atoms with Crippen molar-refractivity contribution in [3.05, 3.63) is 24.4 Å². The maximum absolute atomic E-state index is 13.3. The average molecular weight is 437 g/mol. The maximum Gasteiger partial charge on any atom is 0.262 e. The molecular weight excluding hydrogens is 408 g/mol. The van der Waals surface area contributed by atoms with Gasteiger partial charge in [-0.05, 0) is 44.7 Å². The van der Waals surface area contributed by atoms with Crippen LogP contribution >= 0.6 is 0 Å². The number of ketones is 1. The third-order valence-electron chi connectivity index (χ3n) is 6.10. The largest absolute Gasteiger partial charge is 0.369 e. The molecule has 164 valence electrons. The number of hydrogen-bond acceptors (Lipinski definition) is 6. The highest BCUT2D eigenvalue weighted by atomic mass is 32.2. The standard InChI is InChI=1S/C20H28N4O5S/c1-14-8-7-9-15(25)17(24(14)30(28,29)16-10-3-6-13-22-16)23-19(27)20(18(21)26)11-4-2-5-12-20/h3,6,10,13-14,17H,2,4-5,7-9,11-12H2,1H3,(H2,21,26)(H,23,27)/t14-,17?/m1/s1. The molecule has 1 aliphatic carbocycles. The first-order valence-electron chi connectivity index (χ1n) is 10.3. The van der Waals surface area contributed by atoms with Gasteiger partial charge in [0.05, 0.1) is 0 Å². The van der Waals surface area contributed by atoms with E-state index in [-0.39, 0.29) is 24.3 Å². The van der Waals surface area contributed by atoms with Crippen molar-refractivity contribution in [2.45, 2.75) is 75.5 Å². The van der Waals surface area contributed by atoms with Gasteiger partial charge in [-0.3, -0.25) is 14.4 Å². The summed E-state index contributed by atoms with van der Waals surface area (Å²) >= 11 is 0. The third kappa shape index (κ3) is 4.11. The van der Waals surface area contributed by atoms with Crippen molar-refractivity contribution >= 4 is 27.6 Å². The lowest BCUT2D eigenvalue weighted by molar-refractivity contribution is -0.146. The highest BCUT2D eigenvalue weighted by Gasteiger charge is 2.49. The molecule has 1 aromatic rings. The fourth-order valence-corrected chi connectivity index (χ4v) is 6.05. The Morgan fingerprint density at radius 1 is 1.20 bits per heavy atom. The van der Waals surface area contributed by atoms with Gasteiger partial charge in [-0.1, -0.05) is 25.3 Å². The number of nitrogens with two attached hydrogens (primary N) is 1. The molecule has 1 aliphatic heterocycles. The molecule has 1 aromatic heterocycles. The van der Waals surface area contributed by atoms with Gasteiger partial charge in [-0.15, -0.1) is 0 Å². The SMILES string of the molecule is C[C@@H]1CCCC(=O)C(NC(=O)C2(C(N)=O)CCCCC2)N1S(=O)(=O)c1ccccn1. The summed E-state index contributed by atoms with van der Waals surface area (Å²) in [6.07, 6.45) is 3.86. The summed E-state index contributed by atoms with van der Waals surface area (Å²) in [5, 5.41) is 2.39. The molecule has 1 saturated carbocycles. The minimum atomic E-state index is -4.16. The molecule has 30 heavy (non-hydrogen) atoms. The molecule has 9 nitrogen and oxygen atoms in total. The molecule has 2 amide bonds. The first-order valence-corrected chi connectivity index (χ1v) is 11.7. The number of primary amides is 1. The summed E-state index contributed by atoms with van der Waals surface area (Å²) in [6.45, 7) is 1.70. The highest BCUT2D eigenvalue weighted by Crippen LogP contribution is 2.37. The Balaban J connectivity index is 1.99. The van der Waals surface area contributed by atoms with Gasteiger partial charge < -0.3 is 11.1 Å². The lowest BCUT2D eigenvalue weighted by Crippen LogP contribution is -2.61. The molecule has 2 atom stereocenters. The van der Waals surface area contributed by atoms with Gasteiger partial charge in [0.1, 0.15) is 5.41 Å². The van der Waals surface area contributed by atoms with E-state index in [1.807, 2.05) is 0 Å². The topological polar surface area (TPSA) is 140 Å². The fourth-order valence-electron chi connectivity index (χ4n) is 4.36. The Hall–Kier alpha value is -2.33. The van der Waals surface area contributed by atoms with Crippen LogP contribution in [0.1, 0.15) is 58.3 Å². The number of carbonyl (C=O) groups excluding carboxylic acids is 3. The van der Waals surface area contributed by atoms with E-state index >= 15 is 0 Å². The fraction of sp³-hybridized carbons (Fsp3) is 0.600. The van der Waals surface area contributed by atoms with E-state index in [1.165, 1.54) is 12.3 Å². The predicted molar refractivity (Wildman–Crippen MR) is 108 cm³/mol. The van der Waals surface area contributed by atoms with Crippen molar-refractivity contribution in [3.8, 4) is 0 Å². The minimum absolute atomic E-state index is 0.132. The molecule has 2 aliphatic rings.